The number of carbonyl (C=O) groups is 1. The number of hydrogen-bond acceptors (Lipinski definition) is 3. The van der Waals surface area contributed by atoms with Crippen LogP contribution in [0, 0.1) is 0 Å². The van der Waals surface area contributed by atoms with Crippen LogP contribution in [0.5, 0.6) is 0 Å². The molecular formula is C8H15NO2. The summed E-state index contributed by atoms with van der Waals surface area (Å²) in [5.74, 6) is -0.134. The van der Waals surface area contributed by atoms with Crippen molar-refractivity contribution in [3.8, 4) is 0 Å². The highest BCUT2D eigenvalue weighted by Gasteiger charge is 2.41. The lowest BCUT2D eigenvalue weighted by atomic mass is 10.2. The summed E-state index contributed by atoms with van der Waals surface area (Å²) in [5.41, 5.74) is -0.360. The van der Waals surface area contributed by atoms with Gasteiger partial charge in [-0.3, -0.25) is 10.1 Å². The maximum atomic E-state index is 11.1. The van der Waals surface area contributed by atoms with Gasteiger partial charge in [-0.2, -0.15) is 0 Å². The molecule has 0 saturated carbocycles. The van der Waals surface area contributed by atoms with Crippen LogP contribution < -0.4 is 5.32 Å². The standard InChI is InChI=1S/C8H15NO2/c1-5-6(9-5)7(10)11-8(2,3)4/h5-6,9H,1-4H3/t5-,6+/m1/s1. The van der Waals surface area contributed by atoms with E-state index in [-0.39, 0.29) is 17.6 Å². The Labute approximate surface area is 67.1 Å². The fraction of sp³-hybridized carbons (Fsp3) is 0.875. The topological polar surface area (TPSA) is 48.2 Å². The second-order valence-electron chi connectivity index (χ2n) is 3.97. The van der Waals surface area contributed by atoms with E-state index in [1.165, 1.54) is 0 Å². The summed E-state index contributed by atoms with van der Waals surface area (Å²) in [4.78, 5) is 11.1. The molecule has 0 spiro atoms. The van der Waals surface area contributed by atoms with Gasteiger partial charge in [0, 0.05) is 6.04 Å². The van der Waals surface area contributed by atoms with Crippen LogP contribution in [0.2, 0.25) is 0 Å². The minimum Gasteiger partial charge on any atom is -0.459 e. The molecule has 11 heavy (non-hydrogen) atoms. The Balaban J connectivity index is 2.33. The lowest BCUT2D eigenvalue weighted by Crippen LogP contribution is -2.27. The lowest BCUT2D eigenvalue weighted by Gasteiger charge is -2.18. The molecule has 1 saturated heterocycles. The number of esters is 1. The number of rotatable bonds is 1. The third-order valence-corrected chi connectivity index (χ3v) is 1.49. The van der Waals surface area contributed by atoms with Crippen LogP contribution in [0.1, 0.15) is 27.7 Å². The molecule has 3 nitrogen and oxygen atoms in total. The summed E-state index contributed by atoms with van der Waals surface area (Å²) in [6, 6.07) is 0.235. The molecule has 0 unspecified atom stereocenters. The van der Waals surface area contributed by atoms with Gasteiger partial charge in [-0.05, 0) is 27.7 Å². The van der Waals surface area contributed by atoms with Crippen LogP contribution in [0.15, 0.2) is 0 Å². The van der Waals surface area contributed by atoms with Crippen LogP contribution >= 0.6 is 0 Å². The first-order chi connectivity index (χ1) is 4.90. The number of carbonyl (C=O) groups excluding carboxylic acids is 1. The lowest BCUT2D eigenvalue weighted by molar-refractivity contribution is -0.154. The van der Waals surface area contributed by atoms with Crippen molar-refractivity contribution in [2.24, 2.45) is 0 Å². The molecule has 0 amide bonds. The number of hydrogen-bond donors (Lipinski definition) is 1. The highest BCUT2D eigenvalue weighted by molar-refractivity contribution is 5.80. The molecule has 1 aliphatic heterocycles. The van der Waals surface area contributed by atoms with E-state index in [1.54, 1.807) is 0 Å². The van der Waals surface area contributed by atoms with Gasteiger partial charge in [-0.25, -0.2) is 0 Å². The van der Waals surface area contributed by atoms with Gasteiger partial charge in [-0.1, -0.05) is 0 Å². The van der Waals surface area contributed by atoms with E-state index in [0.29, 0.717) is 6.04 Å². The molecule has 0 aromatic rings. The van der Waals surface area contributed by atoms with Gasteiger partial charge < -0.3 is 4.74 Å². The van der Waals surface area contributed by atoms with E-state index >= 15 is 0 Å². The van der Waals surface area contributed by atoms with Crippen molar-refractivity contribution in [2.75, 3.05) is 0 Å². The zero-order chi connectivity index (χ0) is 8.65. The molecule has 0 radical (unpaired) electrons. The van der Waals surface area contributed by atoms with Crippen molar-refractivity contribution in [2.45, 2.75) is 45.4 Å². The SMILES string of the molecule is C[C@H]1N[C@@H]1C(=O)OC(C)(C)C. The van der Waals surface area contributed by atoms with Gasteiger partial charge in [0.1, 0.15) is 11.6 Å². The summed E-state index contributed by atoms with van der Waals surface area (Å²) in [6.45, 7) is 7.59. The molecule has 64 valence electrons. The Bertz CT molecular complexity index is 171. The minimum absolute atomic E-state index is 0.0609. The first-order valence-electron chi connectivity index (χ1n) is 3.89. The second-order valence-corrected chi connectivity index (χ2v) is 3.97. The molecule has 1 rings (SSSR count). The molecule has 1 N–H and O–H groups in total. The third-order valence-electron chi connectivity index (χ3n) is 1.49. The third kappa shape index (κ3) is 2.50. The van der Waals surface area contributed by atoms with Crippen LogP contribution in [-0.2, 0) is 9.53 Å². The van der Waals surface area contributed by atoms with Crippen molar-refractivity contribution in [1.82, 2.24) is 5.32 Å². The van der Waals surface area contributed by atoms with Crippen molar-refractivity contribution in [3.63, 3.8) is 0 Å². The summed E-state index contributed by atoms with van der Waals surface area (Å²) in [6.07, 6.45) is 0. The van der Waals surface area contributed by atoms with Gasteiger partial charge in [0.2, 0.25) is 0 Å². The number of nitrogens with one attached hydrogen (secondary N) is 1. The molecule has 1 fully saturated rings. The van der Waals surface area contributed by atoms with Crippen molar-refractivity contribution >= 4 is 5.97 Å². The Hall–Kier alpha value is -0.570. The van der Waals surface area contributed by atoms with Crippen LogP contribution in [0.3, 0.4) is 0 Å². The van der Waals surface area contributed by atoms with E-state index in [4.69, 9.17) is 4.74 Å². The second kappa shape index (κ2) is 2.48. The van der Waals surface area contributed by atoms with Crippen molar-refractivity contribution in [3.05, 3.63) is 0 Å². The van der Waals surface area contributed by atoms with Crippen LogP contribution in [-0.4, -0.2) is 23.7 Å². The Morgan fingerprint density at radius 1 is 1.45 bits per heavy atom. The van der Waals surface area contributed by atoms with Crippen LogP contribution in [0.25, 0.3) is 0 Å². The van der Waals surface area contributed by atoms with Crippen molar-refractivity contribution < 1.29 is 9.53 Å². The van der Waals surface area contributed by atoms with E-state index in [0.717, 1.165) is 0 Å². The average Bonchev–Trinajstić information content (AvgIpc) is 2.41. The maximum absolute atomic E-state index is 11.1. The largest absolute Gasteiger partial charge is 0.459 e. The van der Waals surface area contributed by atoms with Crippen molar-refractivity contribution in [1.29, 1.82) is 0 Å². The molecule has 0 aliphatic carbocycles. The smallest absolute Gasteiger partial charge is 0.325 e. The summed E-state index contributed by atoms with van der Waals surface area (Å²) >= 11 is 0. The van der Waals surface area contributed by atoms with Gasteiger partial charge in [-0.15, -0.1) is 0 Å². The highest BCUT2D eigenvalue weighted by Crippen LogP contribution is 2.16. The van der Waals surface area contributed by atoms with E-state index in [2.05, 4.69) is 5.32 Å². The molecule has 3 heteroatoms. The fourth-order valence-corrected chi connectivity index (χ4v) is 0.865. The Morgan fingerprint density at radius 3 is 2.18 bits per heavy atom. The zero-order valence-electron chi connectivity index (χ0n) is 7.47. The molecular weight excluding hydrogens is 142 g/mol. The number of ether oxygens (including phenoxy) is 1. The summed E-state index contributed by atoms with van der Waals surface area (Å²) < 4.78 is 5.13. The normalized spacial score (nSPS) is 29.8. The predicted octanol–water partition coefficient (Wildman–Crippen LogP) is 0.688. The average molecular weight is 157 g/mol. The minimum atomic E-state index is -0.360. The summed E-state index contributed by atoms with van der Waals surface area (Å²) in [5, 5.41) is 2.98. The van der Waals surface area contributed by atoms with E-state index < -0.39 is 0 Å². The van der Waals surface area contributed by atoms with Gasteiger partial charge in [0.05, 0.1) is 0 Å². The molecule has 2 atom stereocenters. The van der Waals surface area contributed by atoms with Gasteiger partial charge >= 0.3 is 5.97 Å². The molecule has 0 aromatic heterocycles. The van der Waals surface area contributed by atoms with Crippen LogP contribution in [0.4, 0.5) is 0 Å². The first-order valence-corrected chi connectivity index (χ1v) is 3.89. The fourth-order valence-electron chi connectivity index (χ4n) is 0.865. The monoisotopic (exact) mass is 157 g/mol. The highest BCUT2D eigenvalue weighted by atomic mass is 16.6. The maximum Gasteiger partial charge on any atom is 0.325 e. The first kappa shape index (κ1) is 8.53. The van der Waals surface area contributed by atoms with E-state index in [1.807, 2.05) is 27.7 Å². The Morgan fingerprint density at radius 2 is 1.91 bits per heavy atom. The zero-order valence-corrected chi connectivity index (χ0v) is 7.47. The van der Waals surface area contributed by atoms with Gasteiger partial charge in [0.25, 0.3) is 0 Å². The molecule has 1 aliphatic rings. The molecule has 0 aromatic carbocycles. The van der Waals surface area contributed by atoms with E-state index in [9.17, 15) is 4.79 Å². The van der Waals surface area contributed by atoms with Gasteiger partial charge in [0.15, 0.2) is 0 Å². The summed E-state index contributed by atoms with van der Waals surface area (Å²) in [7, 11) is 0. The molecule has 1 heterocycles. The quantitative estimate of drug-likeness (QED) is 0.450. The predicted molar refractivity (Wildman–Crippen MR) is 42.2 cm³/mol. The Kier molecular flexibility index (Phi) is 1.92. The molecule has 0 bridgehead atoms.